The summed E-state index contributed by atoms with van der Waals surface area (Å²) in [4.78, 5) is -0.310. The molecule has 0 bridgehead atoms. The van der Waals surface area contributed by atoms with E-state index in [1.54, 1.807) is 13.0 Å². The SMILES string of the molecule is Cc1ccc(S(=O)(=O)F)c(Br)c1C. The monoisotopic (exact) mass is 266 g/mol. The fraction of sp³-hybridized carbons (Fsp3) is 0.250. The summed E-state index contributed by atoms with van der Waals surface area (Å²) in [6.45, 7) is 3.56. The van der Waals surface area contributed by atoms with Crippen molar-refractivity contribution in [3.8, 4) is 0 Å². The van der Waals surface area contributed by atoms with Crippen molar-refractivity contribution >= 4 is 26.2 Å². The summed E-state index contributed by atoms with van der Waals surface area (Å²) in [5.41, 5.74) is 1.65. The number of rotatable bonds is 1. The average Bonchev–Trinajstić information content (AvgIpc) is 1.98. The van der Waals surface area contributed by atoms with E-state index in [0.717, 1.165) is 11.1 Å². The van der Waals surface area contributed by atoms with Crippen molar-refractivity contribution in [1.29, 1.82) is 0 Å². The zero-order chi connectivity index (χ0) is 10.2. The van der Waals surface area contributed by atoms with E-state index in [9.17, 15) is 12.3 Å². The van der Waals surface area contributed by atoms with Gasteiger partial charge in [0.25, 0.3) is 0 Å². The summed E-state index contributed by atoms with van der Waals surface area (Å²) in [5, 5.41) is 0. The molecule has 0 unspecified atom stereocenters. The molecule has 0 amide bonds. The summed E-state index contributed by atoms with van der Waals surface area (Å²) in [7, 11) is -4.62. The first-order valence-corrected chi connectivity index (χ1v) is 5.72. The van der Waals surface area contributed by atoms with Gasteiger partial charge in [0.15, 0.2) is 0 Å². The Morgan fingerprint density at radius 1 is 1.31 bits per heavy atom. The van der Waals surface area contributed by atoms with E-state index in [-0.39, 0.29) is 4.90 Å². The van der Waals surface area contributed by atoms with Gasteiger partial charge in [-0.2, -0.15) is 8.42 Å². The largest absolute Gasteiger partial charge is 0.333 e. The van der Waals surface area contributed by atoms with Crippen LogP contribution in [0.1, 0.15) is 11.1 Å². The highest BCUT2D eigenvalue weighted by atomic mass is 79.9. The number of benzene rings is 1. The predicted molar refractivity (Wildman–Crippen MR) is 51.9 cm³/mol. The van der Waals surface area contributed by atoms with Crippen LogP contribution in [0.2, 0.25) is 0 Å². The van der Waals surface area contributed by atoms with Crippen molar-refractivity contribution in [1.82, 2.24) is 0 Å². The molecule has 0 aliphatic rings. The van der Waals surface area contributed by atoms with Crippen LogP contribution in [-0.4, -0.2) is 8.42 Å². The van der Waals surface area contributed by atoms with Gasteiger partial charge < -0.3 is 0 Å². The molecule has 0 saturated heterocycles. The van der Waals surface area contributed by atoms with Crippen LogP contribution in [0, 0.1) is 13.8 Å². The number of hydrogen-bond donors (Lipinski definition) is 0. The lowest BCUT2D eigenvalue weighted by molar-refractivity contribution is 0.551. The number of hydrogen-bond acceptors (Lipinski definition) is 2. The van der Waals surface area contributed by atoms with E-state index < -0.39 is 10.2 Å². The van der Waals surface area contributed by atoms with Crippen molar-refractivity contribution in [3.05, 3.63) is 27.7 Å². The summed E-state index contributed by atoms with van der Waals surface area (Å²) >= 11 is 3.05. The van der Waals surface area contributed by atoms with Crippen LogP contribution < -0.4 is 0 Å². The molecule has 0 aliphatic carbocycles. The van der Waals surface area contributed by atoms with Gasteiger partial charge in [0.05, 0.1) is 0 Å². The van der Waals surface area contributed by atoms with Gasteiger partial charge in [0.2, 0.25) is 0 Å². The second kappa shape index (κ2) is 3.38. The molecular formula is C8H8BrFO2S. The van der Waals surface area contributed by atoms with Crippen LogP contribution in [0.3, 0.4) is 0 Å². The molecule has 0 N–H and O–H groups in total. The van der Waals surface area contributed by atoms with Crippen LogP contribution >= 0.6 is 15.9 Å². The fourth-order valence-corrected chi connectivity index (χ4v) is 2.57. The summed E-state index contributed by atoms with van der Waals surface area (Å²) < 4.78 is 34.2. The Morgan fingerprint density at radius 2 is 1.85 bits per heavy atom. The van der Waals surface area contributed by atoms with E-state index >= 15 is 0 Å². The molecule has 0 saturated carbocycles. The molecule has 1 aromatic rings. The van der Waals surface area contributed by atoms with E-state index in [2.05, 4.69) is 15.9 Å². The number of halogens is 2. The summed E-state index contributed by atoms with van der Waals surface area (Å²) in [6.07, 6.45) is 0. The van der Waals surface area contributed by atoms with Crippen molar-refractivity contribution in [3.63, 3.8) is 0 Å². The fourth-order valence-electron chi connectivity index (χ4n) is 0.945. The maximum absolute atomic E-state index is 12.6. The Kier molecular flexibility index (Phi) is 2.77. The minimum absolute atomic E-state index is 0.301. The maximum atomic E-state index is 12.6. The molecule has 0 heterocycles. The molecular weight excluding hydrogens is 259 g/mol. The third-order valence-corrected chi connectivity index (χ3v) is 4.03. The van der Waals surface area contributed by atoms with Gasteiger partial charge >= 0.3 is 10.2 Å². The standard InChI is InChI=1S/C8H8BrFO2S/c1-5-3-4-7(13(10,11)12)8(9)6(5)2/h3-4H,1-2H3. The Bertz CT molecular complexity index is 440. The Labute approximate surface area is 85.1 Å². The van der Waals surface area contributed by atoms with Gasteiger partial charge in [0, 0.05) is 4.47 Å². The van der Waals surface area contributed by atoms with E-state index in [4.69, 9.17) is 0 Å². The molecule has 0 atom stereocenters. The minimum atomic E-state index is -4.62. The highest BCUT2D eigenvalue weighted by molar-refractivity contribution is 9.10. The normalized spacial score (nSPS) is 11.7. The summed E-state index contributed by atoms with van der Waals surface area (Å²) in [6, 6.07) is 2.83. The molecule has 0 spiro atoms. The van der Waals surface area contributed by atoms with Crippen LogP contribution in [0.15, 0.2) is 21.5 Å². The van der Waals surface area contributed by atoms with Gasteiger partial charge in [-0.25, -0.2) is 0 Å². The van der Waals surface area contributed by atoms with Crippen molar-refractivity contribution in [2.75, 3.05) is 0 Å². The van der Waals surface area contributed by atoms with Gasteiger partial charge in [-0.1, -0.05) is 6.07 Å². The first-order chi connectivity index (χ1) is 5.84. The van der Waals surface area contributed by atoms with E-state index in [1.165, 1.54) is 6.07 Å². The number of aryl methyl sites for hydroxylation is 1. The second-order valence-electron chi connectivity index (χ2n) is 2.76. The Balaban J connectivity index is 3.53. The van der Waals surface area contributed by atoms with Crippen molar-refractivity contribution in [2.45, 2.75) is 18.7 Å². The third-order valence-electron chi connectivity index (χ3n) is 1.88. The smallest absolute Gasteiger partial charge is 0.189 e. The lowest BCUT2D eigenvalue weighted by Gasteiger charge is -2.05. The van der Waals surface area contributed by atoms with E-state index in [0.29, 0.717) is 4.47 Å². The topological polar surface area (TPSA) is 34.1 Å². The van der Waals surface area contributed by atoms with Crippen LogP contribution in [-0.2, 0) is 10.2 Å². The zero-order valence-electron chi connectivity index (χ0n) is 7.14. The van der Waals surface area contributed by atoms with Crippen molar-refractivity contribution in [2.24, 2.45) is 0 Å². The molecule has 72 valence electrons. The van der Waals surface area contributed by atoms with Crippen molar-refractivity contribution < 1.29 is 12.3 Å². The Morgan fingerprint density at radius 3 is 2.31 bits per heavy atom. The molecule has 1 rings (SSSR count). The minimum Gasteiger partial charge on any atom is -0.189 e. The lowest BCUT2D eigenvalue weighted by atomic mass is 10.1. The maximum Gasteiger partial charge on any atom is 0.333 e. The molecule has 2 nitrogen and oxygen atoms in total. The van der Waals surface area contributed by atoms with Gasteiger partial charge in [-0.15, -0.1) is 3.89 Å². The van der Waals surface area contributed by atoms with Gasteiger partial charge in [-0.05, 0) is 47.0 Å². The van der Waals surface area contributed by atoms with Crippen LogP contribution in [0.25, 0.3) is 0 Å². The highest BCUT2D eigenvalue weighted by Crippen LogP contribution is 2.28. The molecule has 5 heteroatoms. The lowest BCUT2D eigenvalue weighted by Crippen LogP contribution is -1.96. The van der Waals surface area contributed by atoms with Crippen LogP contribution in [0.5, 0.6) is 0 Å². The molecule has 0 radical (unpaired) electrons. The predicted octanol–water partition coefficient (Wildman–Crippen LogP) is 2.72. The van der Waals surface area contributed by atoms with Crippen LogP contribution in [0.4, 0.5) is 3.89 Å². The molecule has 1 aromatic carbocycles. The first kappa shape index (κ1) is 10.7. The average molecular weight is 267 g/mol. The van der Waals surface area contributed by atoms with E-state index in [1.807, 2.05) is 6.92 Å². The molecule has 13 heavy (non-hydrogen) atoms. The summed E-state index contributed by atoms with van der Waals surface area (Å²) in [5.74, 6) is 0. The highest BCUT2D eigenvalue weighted by Gasteiger charge is 2.17. The molecule has 0 aromatic heterocycles. The van der Waals surface area contributed by atoms with Gasteiger partial charge in [-0.3, -0.25) is 0 Å². The molecule has 0 aliphatic heterocycles. The van der Waals surface area contributed by atoms with Gasteiger partial charge in [0.1, 0.15) is 4.90 Å². The second-order valence-corrected chi connectivity index (χ2v) is 4.87. The quantitative estimate of drug-likeness (QED) is 0.733. The first-order valence-electron chi connectivity index (χ1n) is 3.54. The molecule has 0 fully saturated rings. The third kappa shape index (κ3) is 2.08. The zero-order valence-corrected chi connectivity index (χ0v) is 9.54. The Hall–Kier alpha value is -0.420.